The largest absolute Gasteiger partial charge is 0.487 e. The average molecular weight is 457 g/mol. The van der Waals surface area contributed by atoms with Crippen LogP contribution in [0.25, 0.3) is 10.8 Å². The second-order valence-electron chi connectivity index (χ2n) is 8.11. The molecule has 0 aliphatic heterocycles. The van der Waals surface area contributed by atoms with E-state index >= 15 is 0 Å². The predicted molar refractivity (Wildman–Crippen MR) is 115 cm³/mol. The summed E-state index contributed by atoms with van der Waals surface area (Å²) < 4.78 is 44.3. The first-order chi connectivity index (χ1) is 15.7. The third-order valence-corrected chi connectivity index (χ3v) is 5.90. The van der Waals surface area contributed by atoms with Crippen LogP contribution in [0.15, 0.2) is 54.7 Å². The van der Waals surface area contributed by atoms with Crippen LogP contribution < -0.4 is 15.8 Å². The molecule has 0 saturated heterocycles. The van der Waals surface area contributed by atoms with Crippen molar-refractivity contribution in [3.63, 3.8) is 0 Å². The van der Waals surface area contributed by atoms with Crippen molar-refractivity contribution in [2.45, 2.75) is 44.0 Å². The van der Waals surface area contributed by atoms with Gasteiger partial charge >= 0.3 is 6.18 Å². The lowest BCUT2D eigenvalue weighted by atomic mass is 9.95. The Morgan fingerprint density at radius 3 is 2.42 bits per heavy atom. The maximum atomic E-state index is 13.2. The van der Waals surface area contributed by atoms with Crippen LogP contribution in [0.5, 0.6) is 5.75 Å². The first kappa shape index (κ1) is 22.6. The highest BCUT2D eigenvalue weighted by molar-refractivity contribution is 6.05. The van der Waals surface area contributed by atoms with E-state index in [0.29, 0.717) is 23.8 Å². The highest BCUT2D eigenvalue weighted by atomic mass is 19.4. The van der Waals surface area contributed by atoms with E-state index in [0.717, 1.165) is 30.5 Å². The molecule has 0 unspecified atom stereocenters. The van der Waals surface area contributed by atoms with Gasteiger partial charge in [0.05, 0.1) is 5.56 Å². The number of nitrogens with zero attached hydrogens (tertiary/aromatic N) is 1. The number of nitrogens with one attached hydrogen (secondary N) is 1. The molecule has 1 aliphatic rings. The first-order valence-electron chi connectivity index (χ1n) is 10.5. The number of rotatable bonds is 6. The zero-order valence-corrected chi connectivity index (χ0v) is 17.6. The van der Waals surface area contributed by atoms with Gasteiger partial charge in [-0.2, -0.15) is 13.2 Å². The van der Waals surface area contributed by atoms with Gasteiger partial charge < -0.3 is 15.8 Å². The lowest BCUT2D eigenvalue weighted by Gasteiger charge is -2.27. The van der Waals surface area contributed by atoms with Crippen molar-refractivity contribution in [3.05, 3.63) is 71.5 Å². The number of alkyl halides is 3. The van der Waals surface area contributed by atoms with Gasteiger partial charge in [0.25, 0.3) is 5.91 Å². The van der Waals surface area contributed by atoms with E-state index in [-0.39, 0.29) is 17.9 Å². The molecule has 4 rings (SSSR count). The van der Waals surface area contributed by atoms with E-state index < -0.39 is 29.2 Å². The van der Waals surface area contributed by atoms with Crippen molar-refractivity contribution in [2.75, 3.05) is 0 Å². The molecule has 1 aromatic heterocycles. The summed E-state index contributed by atoms with van der Waals surface area (Å²) in [6.45, 7) is -0.0968. The highest BCUT2D eigenvalue weighted by Gasteiger charge is 2.41. The summed E-state index contributed by atoms with van der Waals surface area (Å²) >= 11 is 0. The summed E-state index contributed by atoms with van der Waals surface area (Å²) in [6.07, 6.45) is -0.939. The lowest BCUT2D eigenvalue weighted by molar-refractivity contribution is -0.141. The third-order valence-electron chi connectivity index (χ3n) is 5.90. The number of hydrogen-bond donors (Lipinski definition) is 2. The minimum absolute atomic E-state index is 0.0968. The van der Waals surface area contributed by atoms with Crippen molar-refractivity contribution < 1.29 is 27.5 Å². The normalized spacial score (nSPS) is 15.4. The number of halogens is 3. The van der Waals surface area contributed by atoms with Crippen LogP contribution in [-0.2, 0) is 17.6 Å². The van der Waals surface area contributed by atoms with Crippen LogP contribution >= 0.6 is 0 Å². The van der Waals surface area contributed by atoms with Crippen molar-refractivity contribution in [2.24, 2.45) is 5.73 Å². The lowest BCUT2D eigenvalue weighted by Crippen LogP contribution is -2.55. The number of carbonyl (C=O) groups excluding carboxylic acids is 2. The number of hydrogen-bond acceptors (Lipinski definition) is 4. The fourth-order valence-corrected chi connectivity index (χ4v) is 4.11. The second kappa shape index (κ2) is 8.73. The quantitative estimate of drug-likeness (QED) is 0.575. The summed E-state index contributed by atoms with van der Waals surface area (Å²) in [7, 11) is 0. The molecule has 9 heteroatoms. The van der Waals surface area contributed by atoms with Crippen LogP contribution in [0.1, 0.15) is 47.3 Å². The molecule has 1 saturated carbocycles. The van der Waals surface area contributed by atoms with E-state index in [1.54, 1.807) is 24.3 Å². The Balaban J connectivity index is 1.64. The van der Waals surface area contributed by atoms with Crippen LogP contribution in [0.3, 0.4) is 0 Å². The molecule has 1 heterocycles. The van der Waals surface area contributed by atoms with Gasteiger partial charge in [-0.1, -0.05) is 49.2 Å². The van der Waals surface area contributed by atoms with Crippen molar-refractivity contribution in [3.8, 4) is 5.75 Å². The van der Waals surface area contributed by atoms with Crippen LogP contribution in [0.4, 0.5) is 13.2 Å². The Morgan fingerprint density at radius 2 is 1.79 bits per heavy atom. The Hall–Kier alpha value is -3.62. The number of pyridine rings is 1. The van der Waals surface area contributed by atoms with E-state index in [4.69, 9.17) is 10.5 Å². The molecular formula is C24H22F3N3O3. The zero-order chi connectivity index (χ0) is 23.6. The van der Waals surface area contributed by atoms with E-state index in [1.165, 1.54) is 6.07 Å². The predicted octanol–water partition coefficient (Wildman–Crippen LogP) is 4.36. The molecule has 0 bridgehead atoms. The number of ether oxygens (including phenoxy) is 1. The Morgan fingerprint density at radius 1 is 1.06 bits per heavy atom. The summed E-state index contributed by atoms with van der Waals surface area (Å²) in [4.78, 5) is 28.7. The second-order valence-corrected chi connectivity index (χ2v) is 8.11. The van der Waals surface area contributed by atoms with Gasteiger partial charge in [-0.05, 0) is 30.4 Å². The molecule has 3 aromatic rings. The molecule has 2 aromatic carbocycles. The summed E-state index contributed by atoms with van der Waals surface area (Å²) in [6, 6.07) is 12.8. The van der Waals surface area contributed by atoms with Crippen LogP contribution in [0, 0.1) is 0 Å². The minimum Gasteiger partial charge on any atom is -0.487 e. The van der Waals surface area contributed by atoms with Crippen molar-refractivity contribution in [1.29, 1.82) is 0 Å². The summed E-state index contributed by atoms with van der Waals surface area (Å²) in [5.74, 6) is -0.808. The topological polar surface area (TPSA) is 94.3 Å². The standard InChI is InChI=1S/C24H22F3N3O3/c25-24(26,27)19-10-7-15(13-29-19)14-33-20-17-6-2-1-5-16(17)8-9-18(20)21(31)30-23(22(28)32)11-3-4-12-23/h1-2,5-10,13H,3-4,11-12,14H2,(H2,28,32)(H,30,31). The Bertz CT molecular complexity index is 1190. The molecule has 172 valence electrons. The molecule has 1 aliphatic carbocycles. The van der Waals surface area contributed by atoms with Crippen LogP contribution in [-0.4, -0.2) is 22.3 Å². The number of fused-ring (bicyclic) bond motifs is 1. The van der Waals surface area contributed by atoms with Gasteiger partial charge in [0, 0.05) is 17.1 Å². The first-order valence-corrected chi connectivity index (χ1v) is 10.5. The molecule has 1 fully saturated rings. The van der Waals surface area contributed by atoms with Gasteiger partial charge in [0.15, 0.2) is 0 Å². The monoisotopic (exact) mass is 457 g/mol. The zero-order valence-electron chi connectivity index (χ0n) is 17.6. The fourth-order valence-electron chi connectivity index (χ4n) is 4.11. The SMILES string of the molecule is NC(=O)C1(NC(=O)c2ccc3ccccc3c2OCc2ccc(C(F)(F)F)nc2)CCCC1. The smallest absolute Gasteiger partial charge is 0.433 e. The number of primary amides is 1. The van der Waals surface area contributed by atoms with Gasteiger partial charge in [-0.25, -0.2) is 0 Å². The minimum atomic E-state index is -4.53. The Labute approximate surface area is 187 Å². The maximum absolute atomic E-state index is 13.2. The van der Waals surface area contributed by atoms with Crippen LogP contribution in [0.2, 0.25) is 0 Å². The van der Waals surface area contributed by atoms with E-state index in [9.17, 15) is 22.8 Å². The molecule has 6 nitrogen and oxygen atoms in total. The Kier molecular flexibility index (Phi) is 5.97. The summed E-state index contributed by atoms with van der Waals surface area (Å²) in [5.41, 5.74) is 4.12. The number of carbonyl (C=O) groups is 2. The number of benzene rings is 2. The third kappa shape index (κ3) is 4.62. The van der Waals surface area contributed by atoms with Gasteiger partial charge in [0.2, 0.25) is 5.91 Å². The summed E-state index contributed by atoms with van der Waals surface area (Å²) in [5, 5.41) is 4.28. The van der Waals surface area contributed by atoms with Gasteiger partial charge in [-0.3, -0.25) is 14.6 Å². The molecule has 2 amide bonds. The molecule has 33 heavy (non-hydrogen) atoms. The molecule has 0 atom stereocenters. The van der Waals surface area contributed by atoms with Crippen molar-refractivity contribution >= 4 is 22.6 Å². The number of amides is 2. The fraction of sp³-hybridized carbons (Fsp3) is 0.292. The van der Waals surface area contributed by atoms with E-state index in [2.05, 4.69) is 10.3 Å². The maximum Gasteiger partial charge on any atom is 0.433 e. The molecular weight excluding hydrogens is 435 g/mol. The number of aromatic nitrogens is 1. The highest BCUT2D eigenvalue weighted by Crippen LogP contribution is 2.34. The number of nitrogens with two attached hydrogens (primary N) is 1. The average Bonchev–Trinajstić information content (AvgIpc) is 3.27. The molecule has 0 radical (unpaired) electrons. The molecule has 3 N–H and O–H groups in total. The van der Waals surface area contributed by atoms with E-state index in [1.807, 2.05) is 12.1 Å². The van der Waals surface area contributed by atoms with Gasteiger partial charge in [0.1, 0.15) is 23.6 Å². The van der Waals surface area contributed by atoms with Gasteiger partial charge in [-0.15, -0.1) is 0 Å². The van der Waals surface area contributed by atoms with Crippen molar-refractivity contribution in [1.82, 2.24) is 10.3 Å². The molecule has 0 spiro atoms.